The topological polar surface area (TPSA) is 95.1 Å². The Morgan fingerprint density at radius 1 is 1.23 bits per heavy atom. The van der Waals surface area contributed by atoms with Gasteiger partial charge in [0.2, 0.25) is 17.8 Å². The first-order chi connectivity index (χ1) is 15.0. The van der Waals surface area contributed by atoms with Crippen LogP contribution in [0.15, 0.2) is 16.4 Å². The van der Waals surface area contributed by atoms with Gasteiger partial charge in [-0.25, -0.2) is 0 Å². The largest absolute Gasteiger partial charge is 0.354 e. The van der Waals surface area contributed by atoms with Gasteiger partial charge in [-0.2, -0.15) is 20.0 Å². The van der Waals surface area contributed by atoms with Gasteiger partial charge in [-0.1, -0.05) is 31.5 Å². The minimum Gasteiger partial charge on any atom is -0.354 e. The summed E-state index contributed by atoms with van der Waals surface area (Å²) in [7, 11) is 0. The van der Waals surface area contributed by atoms with Crippen molar-refractivity contribution in [3.8, 4) is 0 Å². The first-order valence-corrected chi connectivity index (χ1v) is 12.5. The molecule has 1 saturated carbocycles. The normalized spacial score (nSPS) is 18.3. The molecule has 3 N–H and O–H groups in total. The zero-order chi connectivity index (χ0) is 21.8. The number of thioether (sulfide) groups is 1. The number of amides is 1. The van der Waals surface area contributed by atoms with Crippen molar-refractivity contribution in [1.82, 2.24) is 20.0 Å². The van der Waals surface area contributed by atoms with E-state index >= 15 is 0 Å². The number of thiocarbonyl (C=S) groups is 1. The van der Waals surface area contributed by atoms with E-state index in [2.05, 4.69) is 37.9 Å². The Kier molecular flexibility index (Phi) is 7.03. The summed E-state index contributed by atoms with van der Waals surface area (Å²) in [6.45, 7) is 4.85. The monoisotopic (exact) mass is 475 g/mol. The zero-order valence-corrected chi connectivity index (χ0v) is 19.9. The van der Waals surface area contributed by atoms with Crippen molar-refractivity contribution >= 4 is 69.5 Å². The predicted molar refractivity (Wildman–Crippen MR) is 132 cm³/mol. The summed E-state index contributed by atoms with van der Waals surface area (Å²) >= 11 is 8.30. The van der Waals surface area contributed by atoms with Crippen LogP contribution in [0.5, 0.6) is 0 Å². The van der Waals surface area contributed by atoms with Gasteiger partial charge in [-0.3, -0.25) is 10.2 Å². The first-order valence-electron chi connectivity index (χ1n) is 10.4. The molecule has 2 aliphatic rings. The Labute approximate surface area is 195 Å². The maximum Gasteiger partial charge on any atom is 0.285 e. The molecule has 0 radical (unpaired) electrons. The molecule has 0 spiro atoms. The molecule has 31 heavy (non-hydrogen) atoms. The minimum atomic E-state index is -0.211. The lowest BCUT2D eigenvalue weighted by Crippen LogP contribution is -2.35. The SMILES string of the molecule is CCCNc1nc(NC2CCCC2)nc(NN2C(=O)/C(=C/c3sccc3C)SC2=S)n1. The number of nitrogens with one attached hydrogen (secondary N) is 3. The minimum absolute atomic E-state index is 0.211. The van der Waals surface area contributed by atoms with Crippen molar-refractivity contribution < 1.29 is 4.79 Å². The van der Waals surface area contributed by atoms with Crippen LogP contribution in [0.1, 0.15) is 49.5 Å². The molecule has 0 atom stereocenters. The summed E-state index contributed by atoms with van der Waals surface area (Å²) in [6.07, 6.45) is 7.46. The highest BCUT2D eigenvalue weighted by Crippen LogP contribution is 2.34. The van der Waals surface area contributed by atoms with E-state index in [4.69, 9.17) is 12.2 Å². The molecule has 4 rings (SSSR count). The fourth-order valence-electron chi connectivity index (χ4n) is 3.37. The molecule has 0 bridgehead atoms. The van der Waals surface area contributed by atoms with Gasteiger partial charge >= 0.3 is 0 Å². The summed E-state index contributed by atoms with van der Waals surface area (Å²) in [5.41, 5.74) is 4.12. The van der Waals surface area contributed by atoms with Crippen LogP contribution < -0.4 is 16.1 Å². The molecule has 1 aliphatic heterocycles. The van der Waals surface area contributed by atoms with Crippen LogP contribution in [0.4, 0.5) is 17.8 Å². The summed E-state index contributed by atoms with van der Waals surface area (Å²) < 4.78 is 0.416. The molecule has 11 heteroatoms. The summed E-state index contributed by atoms with van der Waals surface area (Å²) in [5.74, 6) is 1.03. The third kappa shape index (κ3) is 5.34. The summed E-state index contributed by atoms with van der Waals surface area (Å²) in [4.78, 5) is 28.0. The maximum absolute atomic E-state index is 13.0. The molecule has 1 aliphatic carbocycles. The third-order valence-electron chi connectivity index (χ3n) is 5.03. The molecular formula is C20H25N7OS3. The lowest BCUT2D eigenvalue weighted by Gasteiger charge is -2.18. The molecule has 164 valence electrons. The molecule has 1 amide bonds. The number of anilines is 3. The molecular weight excluding hydrogens is 450 g/mol. The van der Waals surface area contributed by atoms with E-state index in [-0.39, 0.29) is 11.9 Å². The zero-order valence-electron chi connectivity index (χ0n) is 17.5. The second-order valence-electron chi connectivity index (χ2n) is 7.46. The van der Waals surface area contributed by atoms with Crippen LogP contribution in [0.2, 0.25) is 0 Å². The number of aryl methyl sites for hydroxylation is 1. The highest BCUT2D eigenvalue weighted by Gasteiger charge is 2.33. The van der Waals surface area contributed by atoms with Gasteiger partial charge in [-0.05, 0) is 61.5 Å². The number of carbonyl (C=O) groups is 1. The van der Waals surface area contributed by atoms with Crippen molar-refractivity contribution in [2.24, 2.45) is 0 Å². The maximum atomic E-state index is 13.0. The number of carbonyl (C=O) groups excluding carboxylic acids is 1. The number of hydrogen-bond donors (Lipinski definition) is 3. The molecule has 0 unspecified atom stereocenters. The number of hydrazine groups is 1. The summed E-state index contributed by atoms with van der Waals surface area (Å²) in [5, 5.41) is 9.93. The Morgan fingerprint density at radius 3 is 2.68 bits per heavy atom. The fraction of sp³-hybridized carbons (Fsp3) is 0.450. The number of thiophene rings is 1. The van der Waals surface area contributed by atoms with Crippen molar-refractivity contribution in [3.05, 3.63) is 26.8 Å². The Hall–Kier alpha value is -2.24. The molecule has 1 saturated heterocycles. The van der Waals surface area contributed by atoms with Gasteiger partial charge in [0.1, 0.15) is 0 Å². The van der Waals surface area contributed by atoms with Crippen LogP contribution in [-0.2, 0) is 4.79 Å². The van der Waals surface area contributed by atoms with Crippen LogP contribution in [0.25, 0.3) is 6.08 Å². The fourth-order valence-corrected chi connectivity index (χ4v) is 5.47. The second kappa shape index (κ2) is 9.92. The van der Waals surface area contributed by atoms with Crippen LogP contribution in [-0.4, -0.2) is 42.8 Å². The molecule has 2 aromatic rings. The Morgan fingerprint density at radius 2 is 1.97 bits per heavy atom. The smallest absolute Gasteiger partial charge is 0.285 e. The molecule has 8 nitrogen and oxygen atoms in total. The van der Waals surface area contributed by atoms with Gasteiger partial charge < -0.3 is 10.6 Å². The lowest BCUT2D eigenvalue weighted by molar-refractivity contribution is -0.121. The first kappa shape index (κ1) is 22.0. The average molecular weight is 476 g/mol. The number of nitrogens with zero attached hydrogens (tertiary/aromatic N) is 4. The van der Waals surface area contributed by atoms with Crippen molar-refractivity contribution in [1.29, 1.82) is 0 Å². The van der Waals surface area contributed by atoms with E-state index in [9.17, 15) is 4.79 Å². The van der Waals surface area contributed by atoms with Crippen molar-refractivity contribution in [2.45, 2.75) is 52.0 Å². The van der Waals surface area contributed by atoms with E-state index in [1.54, 1.807) is 11.3 Å². The van der Waals surface area contributed by atoms with Crippen LogP contribution in [0.3, 0.4) is 0 Å². The van der Waals surface area contributed by atoms with Crippen molar-refractivity contribution in [2.75, 3.05) is 22.6 Å². The molecule has 2 aromatic heterocycles. The lowest BCUT2D eigenvalue weighted by atomic mass is 10.3. The third-order valence-corrected chi connectivity index (χ3v) is 7.29. The van der Waals surface area contributed by atoms with Gasteiger partial charge in [0, 0.05) is 17.5 Å². The van der Waals surface area contributed by atoms with E-state index in [1.165, 1.54) is 29.6 Å². The number of hydrogen-bond acceptors (Lipinski definition) is 10. The molecule has 3 heterocycles. The molecule has 0 aromatic carbocycles. The van der Waals surface area contributed by atoms with Gasteiger partial charge in [0.15, 0.2) is 4.32 Å². The standard InChI is InChI=1S/C20H25N7OS3/c1-3-9-21-17-23-18(22-13-6-4-5-7-13)25-19(24-17)26-27-16(28)15(31-20(27)29)11-14-12(2)8-10-30-14/h8,10-11,13H,3-7,9H2,1-2H3,(H3,21,22,23,24,25,26)/b15-11-. The van der Waals surface area contributed by atoms with Crippen LogP contribution >= 0.6 is 35.3 Å². The van der Waals surface area contributed by atoms with Gasteiger partial charge in [0.25, 0.3) is 5.91 Å². The predicted octanol–water partition coefficient (Wildman–Crippen LogP) is 4.65. The Balaban J connectivity index is 1.54. The highest BCUT2D eigenvalue weighted by molar-refractivity contribution is 8.26. The van der Waals surface area contributed by atoms with E-state index in [0.29, 0.717) is 27.2 Å². The van der Waals surface area contributed by atoms with E-state index < -0.39 is 0 Å². The number of aromatic nitrogens is 3. The van der Waals surface area contributed by atoms with E-state index in [0.717, 1.165) is 36.2 Å². The second-order valence-corrected chi connectivity index (χ2v) is 10.1. The molecule has 2 fully saturated rings. The average Bonchev–Trinajstić information content (AvgIpc) is 3.46. The quantitative estimate of drug-likeness (QED) is 0.372. The van der Waals surface area contributed by atoms with E-state index in [1.807, 2.05) is 24.4 Å². The van der Waals surface area contributed by atoms with Crippen LogP contribution in [0, 0.1) is 6.92 Å². The van der Waals surface area contributed by atoms with Crippen molar-refractivity contribution in [3.63, 3.8) is 0 Å². The Bertz CT molecular complexity index is 1000. The number of rotatable bonds is 8. The summed E-state index contributed by atoms with van der Waals surface area (Å²) in [6, 6.07) is 2.40. The van der Waals surface area contributed by atoms with Gasteiger partial charge in [0.05, 0.1) is 4.91 Å². The highest BCUT2D eigenvalue weighted by atomic mass is 32.2. The van der Waals surface area contributed by atoms with Gasteiger partial charge in [-0.15, -0.1) is 11.3 Å².